The van der Waals surface area contributed by atoms with Gasteiger partial charge >= 0.3 is 0 Å². The lowest BCUT2D eigenvalue weighted by atomic mass is 9.45. The average Bonchev–Trinajstić information content (AvgIpc) is 3.19. The molecule has 51 heavy (non-hydrogen) atoms. The topological polar surface area (TPSA) is 78.7 Å². The molecule has 0 amide bonds. The van der Waals surface area contributed by atoms with E-state index in [0.29, 0.717) is 11.8 Å². The Kier molecular flexibility index (Phi) is 12.6. The van der Waals surface area contributed by atoms with Crippen LogP contribution in [0.3, 0.4) is 0 Å². The van der Waals surface area contributed by atoms with Crippen LogP contribution in [0.25, 0.3) is 0 Å². The molecule has 4 aliphatic carbocycles. The molecule has 0 radical (unpaired) electrons. The molecule has 11 heteroatoms. The maximum atomic E-state index is 13.3. The highest BCUT2D eigenvalue weighted by Crippen LogP contribution is 2.68. The summed E-state index contributed by atoms with van der Waals surface area (Å²) in [6, 6.07) is 0. The van der Waals surface area contributed by atoms with Crippen molar-refractivity contribution < 1.29 is 27.6 Å². The molecule has 10 atom stereocenters. The highest BCUT2D eigenvalue weighted by Gasteiger charge is 2.67. The zero-order valence-corrected chi connectivity index (χ0v) is 40.2. The Morgan fingerprint density at radius 3 is 1.96 bits per heavy atom. The molecule has 0 aromatic rings. The van der Waals surface area contributed by atoms with E-state index < -0.39 is 38.9 Å². The van der Waals surface area contributed by atoms with Gasteiger partial charge in [0.1, 0.15) is 7.11 Å². The number of allylic oxidation sites excluding steroid dienone is 1. The minimum atomic E-state index is -1.85. The summed E-state index contributed by atoms with van der Waals surface area (Å²) >= 11 is 0. The van der Waals surface area contributed by atoms with Crippen molar-refractivity contribution in [2.75, 3.05) is 7.11 Å². The van der Waals surface area contributed by atoms with E-state index in [0.717, 1.165) is 57.1 Å². The first-order chi connectivity index (χ1) is 22.9. The predicted octanol–water partition coefficient (Wildman–Crippen LogP) is 10.6. The van der Waals surface area contributed by atoms with Crippen LogP contribution in [0.15, 0.2) is 16.8 Å². The summed E-state index contributed by atoms with van der Waals surface area (Å²) in [7, 11) is -5.55. The fourth-order valence-corrected chi connectivity index (χ4v) is 16.4. The second-order valence-electron chi connectivity index (χ2n) is 22.0. The second kappa shape index (κ2) is 14.8. The molecule has 4 aliphatic rings. The first kappa shape index (κ1) is 43.6. The van der Waals surface area contributed by atoms with E-state index in [9.17, 15) is 5.11 Å². The van der Waals surface area contributed by atoms with Gasteiger partial charge in [-0.25, -0.2) is 0 Å². The molecule has 4 rings (SSSR count). The van der Waals surface area contributed by atoms with Gasteiger partial charge in [-0.3, -0.25) is 0 Å². The van der Waals surface area contributed by atoms with Crippen LogP contribution in [0.4, 0.5) is 0 Å². The van der Waals surface area contributed by atoms with Crippen LogP contribution in [0, 0.1) is 34.5 Å². The maximum Gasteiger partial charge on any atom is 0.184 e. The quantitative estimate of drug-likeness (QED) is 0.140. The van der Waals surface area contributed by atoms with E-state index >= 15 is 0 Å². The van der Waals surface area contributed by atoms with Crippen LogP contribution in [-0.4, -0.2) is 80.7 Å². The lowest BCUT2D eigenvalue weighted by molar-refractivity contribution is -0.122. The van der Waals surface area contributed by atoms with Crippen LogP contribution in [-0.2, 0) is 22.5 Å². The Morgan fingerprint density at radius 1 is 0.843 bits per heavy atom. The highest BCUT2D eigenvalue weighted by atomic mass is 28.4. The Labute approximate surface area is 317 Å². The Morgan fingerprint density at radius 2 is 1.43 bits per heavy atom. The van der Waals surface area contributed by atoms with Crippen molar-refractivity contribution in [2.24, 2.45) is 39.7 Å². The molecule has 0 aromatic heterocycles. The van der Waals surface area contributed by atoms with Crippen molar-refractivity contribution in [3.63, 3.8) is 0 Å². The van der Waals surface area contributed by atoms with Crippen molar-refractivity contribution in [1.29, 1.82) is 0 Å². The van der Waals surface area contributed by atoms with Gasteiger partial charge in [0, 0.05) is 17.4 Å². The summed E-state index contributed by atoms with van der Waals surface area (Å²) in [6.45, 7) is 39.3. The summed E-state index contributed by atoms with van der Waals surface area (Å²) in [4.78, 5) is 5.57. The lowest BCUT2D eigenvalue weighted by Crippen LogP contribution is -2.62. The van der Waals surface area contributed by atoms with Gasteiger partial charge in [-0.1, -0.05) is 25.9 Å². The van der Waals surface area contributed by atoms with Gasteiger partial charge in [-0.15, -0.1) is 0 Å². The number of hydrogen-bond acceptors (Lipinski definition) is 7. The summed E-state index contributed by atoms with van der Waals surface area (Å²) in [5.74, 6) is 1.12. The molecule has 296 valence electrons. The van der Waals surface area contributed by atoms with Crippen molar-refractivity contribution in [2.45, 2.75) is 194 Å². The van der Waals surface area contributed by atoms with Gasteiger partial charge in [0.05, 0.1) is 29.1 Å². The molecule has 0 spiro atoms. The standard InChI is InChI=1S/C40H79NO6Si4/c1-28(34(44-48(7,8)9)21-22-37(2,3)47-51(16,17)18)29-20-24-40(42)31-25-33(41-43-6)32-26-35(45-49(10,11)12)36(46-50(13,14)15)27-38(32,4)30(31)19-23-39(29,40)5/h25,28-30,32,34-36,42H,19-24,26-27H2,1-18H3/b41-33-/t28-,29+,30-,32-,34?,35+,36-,38+,39+,40+/m0/s1. The van der Waals surface area contributed by atoms with Crippen LogP contribution < -0.4 is 0 Å². The maximum absolute atomic E-state index is 13.3. The van der Waals surface area contributed by atoms with Gasteiger partial charge in [0.2, 0.25) is 0 Å². The lowest BCUT2D eigenvalue weighted by Gasteiger charge is -2.61. The molecule has 3 saturated carbocycles. The molecule has 1 unspecified atom stereocenters. The van der Waals surface area contributed by atoms with Crippen molar-refractivity contribution in [1.82, 2.24) is 0 Å². The number of nitrogens with zero attached hydrogens (tertiary/aromatic N) is 1. The van der Waals surface area contributed by atoms with E-state index in [1.807, 2.05) is 0 Å². The summed E-state index contributed by atoms with van der Waals surface area (Å²) < 4.78 is 27.7. The van der Waals surface area contributed by atoms with Crippen LogP contribution in [0.1, 0.15) is 86.0 Å². The van der Waals surface area contributed by atoms with E-state index in [-0.39, 0.29) is 46.6 Å². The minimum absolute atomic E-state index is 0.0385. The molecule has 3 fully saturated rings. The van der Waals surface area contributed by atoms with E-state index in [2.05, 4.69) is 119 Å². The van der Waals surface area contributed by atoms with Gasteiger partial charge < -0.3 is 27.6 Å². The molecular weight excluding hydrogens is 703 g/mol. The third-order valence-corrected chi connectivity index (χ3v) is 16.9. The minimum Gasteiger partial charge on any atom is -0.414 e. The van der Waals surface area contributed by atoms with Crippen LogP contribution in [0.2, 0.25) is 78.6 Å². The summed E-state index contributed by atoms with van der Waals surface area (Å²) in [5.41, 5.74) is 0.716. The molecule has 0 saturated heterocycles. The molecular formula is C40H79NO6Si4. The Bertz CT molecular complexity index is 1300. The molecule has 0 aliphatic heterocycles. The van der Waals surface area contributed by atoms with Gasteiger partial charge in [-0.05, 0) is 179 Å². The highest BCUT2D eigenvalue weighted by molar-refractivity contribution is 6.71. The monoisotopic (exact) mass is 781 g/mol. The van der Waals surface area contributed by atoms with E-state index in [4.69, 9.17) is 27.7 Å². The third kappa shape index (κ3) is 9.82. The fourth-order valence-electron chi connectivity index (χ4n) is 11.1. The smallest absolute Gasteiger partial charge is 0.184 e. The van der Waals surface area contributed by atoms with Crippen molar-refractivity contribution in [3.05, 3.63) is 11.6 Å². The average molecular weight is 782 g/mol. The number of oxime groups is 1. The van der Waals surface area contributed by atoms with E-state index in [1.165, 1.54) is 5.57 Å². The molecule has 7 nitrogen and oxygen atoms in total. The number of hydrogen-bond donors (Lipinski definition) is 1. The number of fused-ring (bicyclic) bond motifs is 5. The van der Waals surface area contributed by atoms with E-state index in [1.54, 1.807) is 7.11 Å². The van der Waals surface area contributed by atoms with Crippen molar-refractivity contribution >= 4 is 39.0 Å². The third-order valence-electron chi connectivity index (χ3n) is 12.7. The molecule has 0 aromatic carbocycles. The number of aliphatic hydroxyl groups is 1. The predicted molar refractivity (Wildman–Crippen MR) is 223 cm³/mol. The van der Waals surface area contributed by atoms with Crippen LogP contribution >= 0.6 is 0 Å². The first-order valence-corrected chi connectivity index (χ1v) is 33.9. The Balaban J connectivity index is 1.70. The zero-order valence-electron chi connectivity index (χ0n) is 36.2. The molecule has 0 heterocycles. The second-order valence-corrected chi connectivity index (χ2v) is 39.8. The normalized spacial score (nSPS) is 37.0. The largest absolute Gasteiger partial charge is 0.414 e. The van der Waals surface area contributed by atoms with Gasteiger partial charge in [-0.2, -0.15) is 0 Å². The Hall–Kier alpha value is -0.122. The SMILES string of the molecule is CO/N=C1/C=C2[C@H](CC[C@]3(C)[C@@H]([C@H](C)C(CCC(C)(C)O[Si](C)(C)C)O[Si](C)(C)C)CC[C@@]23O)[C@@]2(C)C[C@H](O[Si](C)(C)C)[C@H](O[Si](C)(C)C)C[C@@H]12. The number of rotatable bonds is 14. The summed E-state index contributed by atoms with van der Waals surface area (Å²) in [6.07, 6.45) is 10.1. The van der Waals surface area contributed by atoms with Gasteiger partial charge in [0.25, 0.3) is 0 Å². The van der Waals surface area contributed by atoms with Crippen LogP contribution in [0.5, 0.6) is 0 Å². The fraction of sp³-hybridized carbons (Fsp3) is 0.925. The van der Waals surface area contributed by atoms with Crippen molar-refractivity contribution in [3.8, 4) is 0 Å². The molecule has 1 N–H and O–H groups in total. The zero-order chi connectivity index (χ0) is 38.8. The molecule has 0 bridgehead atoms. The first-order valence-electron chi connectivity index (χ1n) is 20.2. The summed E-state index contributed by atoms with van der Waals surface area (Å²) in [5, 5.41) is 18.0. The van der Waals surface area contributed by atoms with Gasteiger partial charge in [0.15, 0.2) is 33.3 Å².